The topological polar surface area (TPSA) is 26.3 Å². The Labute approximate surface area is 91.3 Å². The van der Waals surface area contributed by atoms with Gasteiger partial charge in [-0.25, -0.2) is 0 Å². The highest BCUT2D eigenvalue weighted by molar-refractivity contribution is 5.69. The normalized spacial score (nSPS) is 10.5. The van der Waals surface area contributed by atoms with Crippen molar-refractivity contribution in [3.63, 3.8) is 0 Å². The molecule has 0 aliphatic rings. The number of aryl methyl sites for hydroxylation is 1. The summed E-state index contributed by atoms with van der Waals surface area (Å²) in [6.45, 7) is 9.47. The second kappa shape index (κ2) is 4.96. The van der Waals surface area contributed by atoms with Crippen LogP contribution in [-0.2, 0) is 11.2 Å². The molecule has 0 spiro atoms. The van der Waals surface area contributed by atoms with Gasteiger partial charge in [-0.2, -0.15) is 0 Å². The van der Waals surface area contributed by atoms with Crippen LogP contribution in [0.15, 0.2) is 18.2 Å². The van der Waals surface area contributed by atoms with Crippen LogP contribution >= 0.6 is 0 Å². The van der Waals surface area contributed by atoms with Crippen molar-refractivity contribution in [1.82, 2.24) is 0 Å². The third kappa shape index (κ3) is 3.39. The molecule has 0 saturated carbocycles. The summed E-state index contributed by atoms with van der Waals surface area (Å²) in [5, 5.41) is 0. The number of rotatable bonds is 3. The summed E-state index contributed by atoms with van der Waals surface area (Å²) in [5.74, 6) is 0.532. The van der Waals surface area contributed by atoms with Gasteiger partial charge < -0.3 is 4.74 Å². The first-order valence-corrected chi connectivity index (χ1v) is 5.18. The van der Waals surface area contributed by atoms with E-state index >= 15 is 0 Å². The standard InChI is InChI=1S/C13H17O2/c1-5-11-6-12(9(2)3)8-13(7-11)15-10(4)14/h6-9H,2,5H2,1,3-4H3. The van der Waals surface area contributed by atoms with E-state index in [0.29, 0.717) is 5.75 Å². The molecule has 1 aromatic rings. The number of ether oxygens (including phenoxy) is 1. The van der Waals surface area contributed by atoms with Crippen molar-refractivity contribution in [2.75, 3.05) is 0 Å². The van der Waals surface area contributed by atoms with Crippen LogP contribution in [0, 0.1) is 6.92 Å². The van der Waals surface area contributed by atoms with Gasteiger partial charge in [-0.15, -0.1) is 0 Å². The molecular weight excluding hydrogens is 188 g/mol. The van der Waals surface area contributed by atoms with Gasteiger partial charge >= 0.3 is 5.97 Å². The van der Waals surface area contributed by atoms with E-state index < -0.39 is 0 Å². The highest BCUT2D eigenvalue weighted by atomic mass is 16.5. The summed E-state index contributed by atoms with van der Waals surface area (Å²) in [7, 11) is 0. The fourth-order valence-electron chi connectivity index (χ4n) is 1.40. The first-order chi connectivity index (χ1) is 7.02. The molecule has 0 N–H and O–H groups in total. The van der Waals surface area contributed by atoms with Crippen LogP contribution < -0.4 is 4.74 Å². The molecule has 0 aliphatic heterocycles. The third-order valence-electron chi connectivity index (χ3n) is 2.23. The number of esters is 1. The van der Waals surface area contributed by atoms with Crippen molar-refractivity contribution in [1.29, 1.82) is 0 Å². The third-order valence-corrected chi connectivity index (χ3v) is 2.23. The Morgan fingerprint density at radius 2 is 2.13 bits per heavy atom. The van der Waals surface area contributed by atoms with Crippen LogP contribution in [0.25, 0.3) is 0 Å². The van der Waals surface area contributed by atoms with Gasteiger partial charge in [0.2, 0.25) is 0 Å². The van der Waals surface area contributed by atoms with Crippen LogP contribution in [0.5, 0.6) is 5.75 Å². The predicted molar refractivity (Wildman–Crippen MR) is 60.9 cm³/mol. The van der Waals surface area contributed by atoms with Gasteiger partial charge in [0.25, 0.3) is 0 Å². The zero-order valence-electron chi connectivity index (χ0n) is 9.54. The van der Waals surface area contributed by atoms with Crippen molar-refractivity contribution in [2.24, 2.45) is 0 Å². The first-order valence-electron chi connectivity index (χ1n) is 5.18. The fraction of sp³-hybridized carbons (Fsp3) is 0.385. The molecule has 0 bridgehead atoms. The lowest BCUT2D eigenvalue weighted by Gasteiger charge is -2.10. The lowest BCUT2D eigenvalue weighted by atomic mass is 9.99. The van der Waals surface area contributed by atoms with E-state index in [1.807, 2.05) is 19.1 Å². The minimum Gasteiger partial charge on any atom is -0.427 e. The lowest BCUT2D eigenvalue weighted by Crippen LogP contribution is -2.03. The minimum absolute atomic E-state index is 0.200. The SMILES string of the molecule is [CH2]C(C)c1cc(CC)cc(OC(C)=O)c1. The van der Waals surface area contributed by atoms with Gasteiger partial charge in [0.15, 0.2) is 0 Å². The van der Waals surface area contributed by atoms with Crippen LogP contribution in [0.4, 0.5) is 0 Å². The van der Waals surface area contributed by atoms with Crippen LogP contribution in [0.1, 0.15) is 37.8 Å². The highest BCUT2D eigenvalue weighted by Gasteiger charge is 2.06. The van der Waals surface area contributed by atoms with Gasteiger partial charge in [0.05, 0.1) is 0 Å². The predicted octanol–water partition coefficient (Wildman–Crippen LogP) is 3.11. The Kier molecular flexibility index (Phi) is 3.89. The van der Waals surface area contributed by atoms with E-state index in [0.717, 1.165) is 12.0 Å². The maximum atomic E-state index is 10.9. The maximum absolute atomic E-state index is 10.9. The van der Waals surface area contributed by atoms with E-state index in [-0.39, 0.29) is 11.9 Å². The van der Waals surface area contributed by atoms with Gasteiger partial charge in [0.1, 0.15) is 5.75 Å². The second-order valence-corrected chi connectivity index (χ2v) is 3.76. The van der Waals surface area contributed by atoms with Crippen molar-refractivity contribution in [3.05, 3.63) is 36.2 Å². The second-order valence-electron chi connectivity index (χ2n) is 3.76. The molecule has 0 fully saturated rings. The van der Waals surface area contributed by atoms with E-state index in [2.05, 4.69) is 19.9 Å². The average Bonchev–Trinajstić information content (AvgIpc) is 2.16. The van der Waals surface area contributed by atoms with Crippen molar-refractivity contribution >= 4 is 5.97 Å². The number of benzene rings is 1. The van der Waals surface area contributed by atoms with Gasteiger partial charge in [0, 0.05) is 6.92 Å². The van der Waals surface area contributed by atoms with Crippen LogP contribution in [0.2, 0.25) is 0 Å². The number of carbonyl (C=O) groups is 1. The van der Waals surface area contributed by atoms with Gasteiger partial charge in [-0.05, 0) is 42.5 Å². The number of carbonyl (C=O) groups excluding carboxylic acids is 1. The van der Waals surface area contributed by atoms with E-state index in [1.165, 1.54) is 12.5 Å². The summed E-state index contributed by atoms with van der Waals surface area (Å²) < 4.78 is 5.08. The molecule has 2 heteroatoms. The molecule has 0 aliphatic carbocycles. The number of hydrogen-bond donors (Lipinski definition) is 0. The summed E-state index contributed by atoms with van der Waals surface area (Å²) in [6.07, 6.45) is 0.925. The van der Waals surface area contributed by atoms with Crippen molar-refractivity contribution < 1.29 is 9.53 Å². The Morgan fingerprint density at radius 3 is 2.60 bits per heavy atom. The lowest BCUT2D eigenvalue weighted by molar-refractivity contribution is -0.131. The molecule has 2 nitrogen and oxygen atoms in total. The Morgan fingerprint density at radius 1 is 1.47 bits per heavy atom. The zero-order valence-corrected chi connectivity index (χ0v) is 9.54. The smallest absolute Gasteiger partial charge is 0.308 e. The average molecular weight is 205 g/mol. The molecule has 0 saturated heterocycles. The largest absolute Gasteiger partial charge is 0.427 e. The van der Waals surface area contributed by atoms with E-state index in [1.54, 1.807) is 0 Å². The van der Waals surface area contributed by atoms with Gasteiger partial charge in [-0.3, -0.25) is 4.79 Å². The maximum Gasteiger partial charge on any atom is 0.308 e. The summed E-state index contributed by atoms with van der Waals surface area (Å²) in [6, 6.07) is 5.87. The molecular formula is C13H17O2. The van der Waals surface area contributed by atoms with Crippen molar-refractivity contribution in [3.8, 4) is 5.75 Å². The molecule has 1 atom stereocenters. The monoisotopic (exact) mass is 205 g/mol. The molecule has 1 aromatic carbocycles. The van der Waals surface area contributed by atoms with Crippen LogP contribution in [-0.4, -0.2) is 5.97 Å². The molecule has 1 rings (SSSR count). The molecule has 0 amide bonds. The number of hydrogen-bond acceptors (Lipinski definition) is 2. The Hall–Kier alpha value is -1.31. The van der Waals surface area contributed by atoms with E-state index in [4.69, 9.17) is 4.74 Å². The quantitative estimate of drug-likeness (QED) is 0.560. The molecule has 81 valence electrons. The molecule has 15 heavy (non-hydrogen) atoms. The molecule has 0 aromatic heterocycles. The van der Waals surface area contributed by atoms with E-state index in [9.17, 15) is 4.79 Å². The molecule has 1 unspecified atom stereocenters. The fourth-order valence-corrected chi connectivity index (χ4v) is 1.40. The van der Waals surface area contributed by atoms with Gasteiger partial charge in [-0.1, -0.05) is 19.9 Å². The molecule has 1 radical (unpaired) electrons. The summed E-state index contributed by atoms with van der Waals surface area (Å²) in [4.78, 5) is 10.9. The first kappa shape index (κ1) is 11.8. The van der Waals surface area contributed by atoms with Crippen LogP contribution in [0.3, 0.4) is 0 Å². The van der Waals surface area contributed by atoms with Crippen molar-refractivity contribution in [2.45, 2.75) is 33.1 Å². The molecule has 0 heterocycles. The highest BCUT2D eigenvalue weighted by Crippen LogP contribution is 2.23. The summed E-state index contributed by atoms with van der Waals surface area (Å²) >= 11 is 0. The Bertz CT molecular complexity index is 354. The minimum atomic E-state index is -0.286. The Balaban J connectivity index is 3.05. The zero-order chi connectivity index (χ0) is 11.4. The summed E-state index contributed by atoms with van der Waals surface area (Å²) in [5.41, 5.74) is 2.27.